The van der Waals surface area contributed by atoms with Crippen LogP contribution in [0.15, 0.2) is 67.8 Å². The molecule has 1 radical (unpaired) electrons. The van der Waals surface area contributed by atoms with Crippen molar-refractivity contribution in [3.05, 3.63) is 112 Å². The number of rotatable bonds is 10. The van der Waals surface area contributed by atoms with Crippen LogP contribution in [-0.2, 0) is 17.1 Å². The van der Waals surface area contributed by atoms with Gasteiger partial charge in [0.05, 0.1) is 0 Å². The topological polar surface area (TPSA) is 53.1 Å². The quantitative estimate of drug-likeness (QED) is 0.243. The van der Waals surface area contributed by atoms with Crippen LogP contribution in [0.4, 0.5) is 11.4 Å². The minimum Gasteiger partial charge on any atom is -0.656 e. The molecule has 0 saturated carbocycles. The third kappa shape index (κ3) is 9.09. The molecule has 1 heterocycles. The van der Waals surface area contributed by atoms with Crippen LogP contribution in [0.2, 0.25) is 0 Å². The number of pyridine rings is 1. The standard InChI is InChI=1S/C33H41N3.C2H7N.Fe/c1-20(2)26-14-11-15-27(21(3)4)32(26)34-24(9)30-18-13-19-31(36-30)25(10)35-33-28(22(5)6)16-12-17-29(33)23(7)8;1-3-2;/h11-23H,9-10H2,1-8H3;3H,1-2H3;/q-2;;+3. The molecule has 5 heteroatoms. The van der Waals surface area contributed by atoms with Crippen LogP contribution < -0.4 is 5.32 Å². The Bertz CT molecular complexity index is 1110. The monoisotopic (exact) mass is 580 g/mol. The van der Waals surface area contributed by atoms with Gasteiger partial charge in [0.15, 0.2) is 0 Å². The Morgan fingerprint density at radius 2 is 0.825 bits per heavy atom. The van der Waals surface area contributed by atoms with Crippen LogP contribution in [-0.4, -0.2) is 19.1 Å². The maximum atomic E-state index is 5.01. The predicted molar refractivity (Wildman–Crippen MR) is 173 cm³/mol. The molecule has 0 unspecified atom stereocenters. The second kappa shape index (κ2) is 16.4. The van der Waals surface area contributed by atoms with Gasteiger partial charge in [0.2, 0.25) is 0 Å². The molecule has 0 spiro atoms. The van der Waals surface area contributed by atoms with Gasteiger partial charge in [-0.2, -0.15) is 0 Å². The number of benzene rings is 2. The summed E-state index contributed by atoms with van der Waals surface area (Å²) in [6.45, 7) is 26.2. The molecule has 0 aliphatic heterocycles. The molecule has 0 aliphatic rings. The van der Waals surface area contributed by atoms with Gasteiger partial charge in [-0.15, -0.1) is 35.9 Å². The molecule has 1 aromatic heterocycles. The fourth-order valence-corrected chi connectivity index (χ4v) is 4.42. The zero-order chi connectivity index (χ0) is 29.3. The van der Waals surface area contributed by atoms with E-state index >= 15 is 0 Å². The van der Waals surface area contributed by atoms with E-state index < -0.39 is 0 Å². The largest absolute Gasteiger partial charge is 3.00 e. The minimum absolute atomic E-state index is 0. The Hall–Kier alpha value is -2.85. The van der Waals surface area contributed by atoms with E-state index in [0.717, 1.165) is 22.8 Å². The first-order valence-electron chi connectivity index (χ1n) is 14.1. The van der Waals surface area contributed by atoms with Crippen molar-refractivity contribution in [1.82, 2.24) is 10.3 Å². The molecular weight excluding hydrogens is 532 g/mol. The second-order valence-electron chi connectivity index (χ2n) is 11.2. The molecule has 0 amide bonds. The van der Waals surface area contributed by atoms with Crippen molar-refractivity contribution in [2.75, 3.05) is 14.1 Å². The summed E-state index contributed by atoms with van der Waals surface area (Å²) in [4.78, 5) is 4.88. The van der Waals surface area contributed by atoms with Gasteiger partial charge in [0.25, 0.3) is 0 Å². The van der Waals surface area contributed by atoms with Gasteiger partial charge < -0.3 is 16.0 Å². The minimum atomic E-state index is 0. The number of nitrogens with one attached hydrogen (secondary N) is 1. The smallest absolute Gasteiger partial charge is 0.656 e. The Balaban J connectivity index is 0.00000191. The number of nitrogens with zero attached hydrogens (tertiary/aromatic N) is 3. The summed E-state index contributed by atoms with van der Waals surface area (Å²) >= 11 is 0. The van der Waals surface area contributed by atoms with Gasteiger partial charge in [-0.25, -0.2) is 0 Å². The van der Waals surface area contributed by atoms with Crippen LogP contribution >= 0.6 is 0 Å². The molecule has 215 valence electrons. The van der Waals surface area contributed by atoms with E-state index in [9.17, 15) is 0 Å². The third-order valence-corrected chi connectivity index (χ3v) is 6.52. The molecule has 0 saturated heterocycles. The van der Waals surface area contributed by atoms with Crippen molar-refractivity contribution in [2.45, 2.75) is 79.1 Å². The van der Waals surface area contributed by atoms with E-state index in [4.69, 9.17) is 15.6 Å². The summed E-state index contributed by atoms with van der Waals surface area (Å²) in [5.74, 6) is 1.46. The van der Waals surface area contributed by atoms with Gasteiger partial charge in [-0.1, -0.05) is 120 Å². The fourth-order valence-electron chi connectivity index (χ4n) is 4.42. The van der Waals surface area contributed by atoms with Gasteiger partial charge in [0, 0.05) is 11.4 Å². The molecule has 3 aromatic rings. The van der Waals surface area contributed by atoms with E-state index in [1.54, 1.807) is 0 Å². The van der Waals surface area contributed by atoms with E-state index in [0.29, 0.717) is 35.1 Å². The molecular formula is C35H48FeN4+. The summed E-state index contributed by atoms with van der Waals surface area (Å²) in [7, 11) is 3.75. The molecule has 1 N–H and O–H groups in total. The first kappa shape index (κ1) is 35.2. The van der Waals surface area contributed by atoms with Crippen molar-refractivity contribution in [3.63, 3.8) is 0 Å². The van der Waals surface area contributed by atoms with E-state index in [1.165, 1.54) is 22.3 Å². The molecule has 3 rings (SSSR count). The summed E-state index contributed by atoms with van der Waals surface area (Å²) in [5, 5.41) is 12.8. The zero-order valence-electron chi connectivity index (χ0n) is 26.1. The van der Waals surface area contributed by atoms with E-state index in [2.05, 4.69) is 110 Å². The molecule has 0 bridgehead atoms. The molecule has 40 heavy (non-hydrogen) atoms. The summed E-state index contributed by atoms with van der Waals surface area (Å²) in [5.41, 5.74) is 9.68. The third-order valence-electron chi connectivity index (χ3n) is 6.52. The first-order valence-corrected chi connectivity index (χ1v) is 14.1. The first-order chi connectivity index (χ1) is 18.4. The van der Waals surface area contributed by atoms with Crippen LogP contribution in [0.1, 0.15) is 113 Å². The molecule has 0 aliphatic carbocycles. The number of hydrogen-bond donors (Lipinski definition) is 1. The van der Waals surface area contributed by atoms with Gasteiger partial charge in [0.1, 0.15) is 0 Å². The summed E-state index contributed by atoms with van der Waals surface area (Å²) < 4.78 is 0. The Labute approximate surface area is 254 Å². The van der Waals surface area contributed by atoms with Crippen molar-refractivity contribution in [2.24, 2.45) is 0 Å². The summed E-state index contributed by atoms with van der Waals surface area (Å²) in [6, 6.07) is 18.8. The average molecular weight is 581 g/mol. The number of para-hydroxylation sites is 2. The second-order valence-corrected chi connectivity index (χ2v) is 11.2. The average Bonchev–Trinajstić information content (AvgIpc) is 2.88. The van der Waals surface area contributed by atoms with Crippen molar-refractivity contribution in [1.29, 1.82) is 0 Å². The molecule has 0 atom stereocenters. The van der Waals surface area contributed by atoms with Gasteiger partial charge in [-0.05, 0) is 49.9 Å². The Kier molecular flexibility index (Phi) is 14.4. The van der Waals surface area contributed by atoms with Crippen molar-refractivity contribution in [3.8, 4) is 0 Å². The number of hydrogen-bond acceptors (Lipinski definition) is 2. The fraction of sp³-hybridized carbons (Fsp3) is 0.400. The maximum Gasteiger partial charge on any atom is 3.00 e. The Morgan fingerprint density at radius 3 is 1.07 bits per heavy atom. The Morgan fingerprint density at radius 1 is 0.575 bits per heavy atom. The van der Waals surface area contributed by atoms with Crippen molar-refractivity contribution >= 4 is 22.8 Å². The van der Waals surface area contributed by atoms with E-state index in [-0.39, 0.29) is 17.1 Å². The van der Waals surface area contributed by atoms with E-state index in [1.807, 2.05) is 32.3 Å². The van der Waals surface area contributed by atoms with Crippen molar-refractivity contribution < 1.29 is 17.1 Å². The normalized spacial score (nSPS) is 10.8. The van der Waals surface area contributed by atoms with Crippen LogP contribution in [0.25, 0.3) is 22.0 Å². The zero-order valence-corrected chi connectivity index (χ0v) is 27.2. The maximum absolute atomic E-state index is 5.01. The SMILES string of the molecule is C=C([N-]c1c(C(C)C)cccc1C(C)C)c1cccc(C(=C)[N-]c2c(C(C)C)cccc2C(C)C)n1.CNC.[Fe+3]. The van der Waals surface area contributed by atoms with Gasteiger partial charge >= 0.3 is 17.1 Å². The van der Waals surface area contributed by atoms with Gasteiger partial charge in [-0.3, -0.25) is 4.98 Å². The van der Waals surface area contributed by atoms with Crippen LogP contribution in [0.3, 0.4) is 0 Å². The van der Waals surface area contributed by atoms with Crippen LogP contribution in [0, 0.1) is 0 Å². The number of aromatic nitrogens is 1. The molecule has 0 fully saturated rings. The van der Waals surface area contributed by atoms with Crippen LogP contribution in [0.5, 0.6) is 0 Å². The molecule has 2 aromatic carbocycles. The summed E-state index contributed by atoms with van der Waals surface area (Å²) in [6.07, 6.45) is 0. The molecule has 4 nitrogen and oxygen atoms in total. The predicted octanol–water partition coefficient (Wildman–Crippen LogP) is 10.8.